The summed E-state index contributed by atoms with van der Waals surface area (Å²) >= 11 is 1.48. The smallest absolute Gasteiger partial charge is 0.272 e. The normalized spacial score (nSPS) is 20.6. The molecular weight excluding hydrogens is 562 g/mol. The third-order valence-corrected chi connectivity index (χ3v) is 9.22. The summed E-state index contributed by atoms with van der Waals surface area (Å²) in [4.78, 5) is 48.2. The Kier molecular flexibility index (Phi) is 8.73. The maximum Gasteiger partial charge on any atom is 0.272 e. The summed E-state index contributed by atoms with van der Waals surface area (Å²) in [5, 5.41) is 3.67. The fourth-order valence-corrected chi connectivity index (χ4v) is 6.75. The molecule has 6 rings (SSSR count). The van der Waals surface area contributed by atoms with Crippen molar-refractivity contribution in [2.75, 3.05) is 31.6 Å². The monoisotopic (exact) mass is 599 g/mol. The zero-order chi connectivity index (χ0) is 29.9. The number of carbonyl (C=O) groups is 2. The lowest BCUT2D eigenvalue weighted by Crippen LogP contribution is -2.60. The van der Waals surface area contributed by atoms with Gasteiger partial charge in [-0.25, -0.2) is 15.0 Å². The molecule has 1 aromatic carbocycles. The maximum absolute atomic E-state index is 13.1. The summed E-state index contributed by atoms with van der Waals surface area (Å²) in [7, 11) is 0. The number of aryl methyl sites for hydroxylation is 1. The van der Waals surface area contributed by atoms with Gasteiger partial charge in [-0.3, -0.25) is 19.5 Å². The number of hydrogen-bond acceptors (Lipinski definition) is 9. The Hall–Kier alpha value is -3.80. The second-order valence-electron chi connectivity index (χ2n) is 11.5. The molecule has 0 radical (unpaired) electrons. The standard InChI is InChI=1S/C32H37N7O3S/c1-4-11-42-19-29-34-16-24(17-35-29)22-5-6-26-28(15-22)43-32(36-26)37-30(40)23-13-25(14-23)39-10-9-38(18-21(39)3)31(41)27-12-20(2)7-8-33-27/h5-8,12,15-17,21,23,25H,4,9-11,13-14,18-19H2,1-3H3,(H,36,37,40)/t21-,23-,25+/m0/s1. The van der Waals surface area contributed by atoms with Crippen molar-refractivity contribution < 1.29 is 14.3 Å². The largest absolute Gasteiger partial charge is 0.373 e. The predicted molar refractivity (Wildman–Crippen MR) is 167 cm³/mol. The minimum absolute atomic E-state index is 0.0110. The predicted octanol–water partition coefficient (Wildman–Crippen LogP) is 4.95. The molecule has 11 heteroatoms. The van der Waals surface area contributed by atoms with Crippen molar-refractivity contribution >= 4 is 38.5 Å². The summed E-state index contributed by atoms with van der Waals surface area (Å²) in [6.07, 6.45) is 7.92. The van der Waals surface area contributed by atoms with Crippen LogP contribution >= 0.6 is 11.3 Å². The van der Waals surface area contributed by atoms with E-state index in [-0.39, 0.29) is 23.8 Å². The number of nitrogens with zero attached hydrogens (tertiary/aromatic N) is 6. The molecule has 1 aliphatic heterocycles. The summed E-state index contributed by atoms with van der Waals surface area (Å²) in [5.74, 6) is 0.648. The number of rotatable bonds is 9. The molecule has 1 saturated carbocycles. The highest BCUT2D eigenvalue weighted by molar-refractivity contribution is 7.22. The molecule has 0 spiro atoms. The molecule has 43 heavy (non-hydrogen) atoms. The third kappa shape index (κ3) is 6.58. The van der Waals surface area contributed by atoms with Gasteiger partial charge in [0.25, 0.3) is 5.91 Å². The number of benzene rings is 1. The van der Waals surface area contributed by atoms with Crippen LogP contribution in [0.2, 0.25) is 0 Å². The second kappa shape index (κ2) is 12.8. The molecule has 3 aromatic heterocycles. The van der Waals surface area contributed by atoms with Crippen LogP contribution in [0.4, 0.5) is 5.13 Å². The maximum atomic E-state index is 13.1. The molecule has 1 atom stereocenters. The van der Waals surface area contributed by atoms with Crippen molar-refractivity contribution in [2.45, 2.75) is 58.7 Å². The molecule has 1 saturated heterocycles. The van der Waals surface area contributed by atoms with Crippen molar-refractivity contribution in [1.82, 2.24) is 29.7 Å². The Bertz CT molecular complexity index is 1600. The Morgan fingerprint density at radius 2 is 1.88 bits per heavy atom. The topological polar surface area (TPSA) is 113 Å². The zero-order valence-electron chi connectivity index (χ0n) is 24.8. The number of hydrogen-bond donors (Lipinski definition) is 1. The molecule has 2 fully saturated rings. The minimum Gasteiger partial charge on any atom is -0.373 e. The quantitative estimate of drug-likeness (QED) is 0.269. The van der Waals surface area contributed by atoms with Gasteiger partial charge in [0.1, 0.15) is 12.3 Å². The van der Waals surface area contributed by atoms with Crippen LogP contribution in [0.3, 0.4) is 0 Å². The van der Waals surface area contributed by atoms with E-state index in [1.54, 1.807) is 6.20 Å². The van der Waals surface area contributed by atoms with Gasteiger partial charge in [0.15, 0.2) is 11.0 Å². The number of pyridine rings is 1. The van der Waals surface area contributed by atoms with Crippen molar-refractivity contribution in [3.63, 3.8) is 0 Å². The van der Waals surface area contributed by atoms with Crippen LogP contribution in [0.5, 0.6) is 0 Å². The number of piperazine rings is 1. The molecule has 1 aliphatic carbocycles. The van der Waals surface area contributed by atoms with E-state index in [4.69, 9.17) is 4.74 Å². The van der Waals surface area contributed by atoms with Crippen LogP contribution in [0, 0.1) is 12.8 Å². The third-order valence-electron chi connectivity index (χ3n) is 8.29. The first-order chi connectivity index (χ1) is 20.9. The molecule has 4 aromatic rings. The lowest BCUT2D eigenvalue weighted by Gasteiger charge is -2.49. The molecule has 4 heterocycles. The molecular formula is C32H37N7O3S. The van der Waals surface area contributed by atoms with E-state index < -0.39 is 0 Å². The van der Waals surface area contributed by atoms with Crippen molar-refractivity contribution in [3.8, 4) is 11.1 Å². The first-order valence-corrected chi connectivity index (χ1v) is 15.8. The molecule has 0 bridgehead atoms. The van der Waals surface area contributed by atoms with Crippen molar-refractivity contribution in [1.29, 1.82) is 0 Å². The van der Waals surface area contributed by atoms with E-state index >= 15 is 0 Å². The van der Waals surface area contributed by atoms with Gasteiger partial charge in [-0.15, -0.1) is 0 Å². The van der Waals surface area contributed by atoms with Crippen LogP contribution < -0.4 is 5.32 Å². The average molecular weight is 600 g/mol. The van der Waals surface area contributed by atoms with Crippen molar-refractivity contribution in [3.05, 3.63) is 66.0 Å². The Balaban J connectivity index is 1.00. The van der Waals surface area contributed by atoms with E-state index in [9.17, 15) is 9.59 Å². The number of ether oxygens (including phenoxy) is 1. The highest BCUT2D eigenvalue weighted by Crippen LogP contribution is 2.36. The number of anilines is 1. The van der Waals surface area contributed by atoms with Crippen LogP contribution in [0.1, 0.15) is 55.0 Å². The second-order valence-corrected chi connectivity index (χ2v) is 12.5. The SMILES string of the molecule is CCCOCc1ncc(-c2ccc3nc(NC(=O)[C@H]4C[C@@H](N5CCN(C(=O)c6cc(C)ccn6)C[C@@H]5C)C4)sc3c2)cn1. The van der Waals surface area contributed by atoms with E-state index in [1.807, 2.05) is 48.5 Å². The zero-order valence-corrected chi connectivity index (χ0v) is 25.6. The van der Waals surface area contributed by atoms with Crippen LogP contribution in [-0.4, -0.2) is 79.9 Å². The minimum atomic E-state index is -0.0344. The number of fused-ring (bicyclic) bond motifs is 1. The van der Waals surface area contributed by atoms with Crippen LogP contribution in [0.25, 0.3) is 21.3 Å². The van der Waals surface area contributed by atoms with Gasteiger partial charge < -0.3 is 15.0 Å². The number of thiazole rings is 1. The highest BCUT2D eigenvalue weighted by atomic mass is 32.1. The van der Waals surface area contributed by atoms with E-state index in [0.717, 1.165) is 52.7 Å². The Morgan fingerprint density at radius 3 is 2.63 bits per heavy atom. The van der Waals surface area contributed by atoms with Gasteiger partial charge in [-0.05, 0) is 68.5 Å². The summed E-state index contributed by atoms with van der Waals surface area (Å²) < 4.78 is 6.52. The van der Waals surface area contributed by atoms with Crippen LogP contribution in [-0.2, 0) is 16.1 Å². The first-order valence-electron chi connectivity index (χ1n) is 15.0. The molecule has 1 N–H and O–H groups in total. The Morgan fingerprint density at radius 1 is 1.07 bits per heavy atom. The lowest BCUT2D eigenvalue weighted by atomic mass is 9.78. The molecule has 10 nitrogen and oxygen atoms in total. The van der Waals surface area contributed by atoms with E-state index in [1.165, 1.54) is 11.3 Å². The van der Waals surface area contributed by atoms with Gasteiger partial charge in [-0.2, -0.15) is 0 Å². The highest BCUT2D eigenvalue weighted by Gasteiger charge is 2.41. The summed E-state index contributed by atoms with van der Waals surface area (Å²) in [5.41, 5.74) is 4.31. The Labute approximate surface area is 255 Å². The molecule has 0 unspecified atom stereocenters. The van der Waals surface area contributed by atoms with Gasteiger partial charge >= 0.3 is 0 Å². The van der Waals surface area contributed by atoms with Gasteiger partial charge in [0, 0.05) is 68.4 Å². The van der Waals surface area contributed by atoms with Gasteiger partial charge in [-0.1, -0.05) is 24.3 Å². The molecule has 224 valence electrons. The fraction of sp³-hybridized carbons (Fsp3) is 0.438. The lowest BCUT2D eigenvalue weighted by molar-refractivity contribution is -0.125. The van der Waals surface area contributed by atoms with E-state index in [0.29, 0.717) is 49.0 Å². The van der Waals surface area contributed by atoms with Gasteiger partial charge in [0.2, 0.25) is 5.91 Å². The average Bonchev–Trinajstić information content (AvgIpc) is 3.38. The number of amides is 2. The van der Waals surface area contributed by atoms with Gasteiger partial charge in [0.05, 0.1) is 10.2 Å². The molecule has 2 amide bonds. The summed E-state index contributed by atoms with van der Waals surface area (Å²) in [6, 6.07) is 10.4. The first kappa shape index (κ1) is 29.3. The fourth-order valence-electron chi connectivity index (χ4n) is 5.84. The van der Waals surface area contributed by atoms with Crippen molar-refractivity contribution in [2.24, 2.45) is 5.92 Å². The number of aromatic nitrogens is 4. The number of carbonyl (C=O) groups excluding carboxylic acids is 2. The van der Waals surface area contributed by atoms with Crippen LogP contribution in [0.15, 0.2) is 48.9 Å². The van der Waals surface area contributed by atoms with E-state index in [2.05, 4.69) is 50.1 Å². The number of nitrogens with one attached hydrogen (secondary N) is 1. The summed E-state index contributed by atoms with van der Waals surface area (Å²) in [6.45, 7) is 9.45. The molecule has 2 aliphatic rings.